The minimum atomic E-state index is 0.811. The van der Waals surface area contributed by atoms with Crippen molar-refractivity contribution in [3.8, 4) is 0 Å². The summed E-state index contributed by atoms with van der Waals surface area (Å²) in [5.74, 6) is 1.01. The SMILES string of the molecule is ON=C1CCN(c2ccc3ccccc3n2)CC1. The molecule has 3 rings (SSSR count). The first-order valence-corrected chi connectivity index (χ1v) is 6.17. The molecule has 0 bridgehead atoms. The van der Waals surface area contributed by atoms with Gasteiger partial charge in [-0.2, -0.15) is 0 Å². The van der Waals surface area contributed by atoms with Crippen molar-refractivity contribution >= 4 is 22.4 Å². The Kier molecular flexibility index (Phi) is 2.84. The third-order valence-electron chi connectivity index (χ3n) is 3.39. The van der Waals surface area contributed by atoms with Crippen LogP contribution in [-0.2, 0) is 0 Å². The molecule has 1 saturated heterocycles. The maximum absolute atomic E-state index is 8.74. The molecular formula is C14H15N3O. The molecule has 2 aromatic rings. The van der Waals surface area contributed by atoms with Gasteiger partial charge in [0.2, 0.25) is 0 Å². The lowest BCUT2D eigenvalue weighted by atomic mass is 10.1. The van der Waals surface area contributed by atoms with Gasteiger partial charge in [0.25, 0.3) is 0 Å². The Balaban J connectivity index is 1.86. The first-order chi connectivity index (χ1) is 8.86. The smallest absolute Gasteiger partial charge is 0.129 e. The summed E-state index contributed by atoms with van der Waals surface area (Å²) >= 11 is 0. The lowest BCUT2D eigenvalue weighted by Gasteiger charge is -2.28. The molecule has 1 aromatic carbocycles. The molecule has 0 saturated carbocycles. The van der Waals surface area contributed by atoms with Gasteiger partial charge >= 0.3 is 0 Å². The minimum absolute atomic E-state index is 0.811. The number of piperidine rings is 1. The van der Waals surface area contributed by atoms with E-state index < -0.39 is 0 Å². The highest BCUT2D eigenvalue weighted by molar-refractivity contribution is 5.86. The summed E-state index contributed by atoms with van der Waals surface area (Å²) in [5.41, 5.74) is 1.91. The van der Waals surface area contributed by atoms with E-state index >= 15 is 0 Å². The molecule has 1 aliphatic heterocycles. The molecule has 1 N–H and O–H groups in total. The number of aromatic nitrogens is 1. The lowest BCUT2D eigenvalue weighted by Crippen LogP contribution is -2.34. The highest BCUT2D eigenvalue weighted by Gasteiger charge is 2.16. The van der Waals surface area contributed by atoms with E-state index in [1.165, 1.54) is 0 Å². The zero-order valence-corrected chi connectivity index (χ0v) is 10.1. The van der Waals surface area contributed by atoms with Crippen LogP contribution in [0.1, 0.15) is 12.8 Å². The fraction of sp³-hybridized carbons (Fsp3) is 0.286. The van der Waals surface area contributed by atoms with Crippen molar-refractivity contribution in [2.45, 2.75) is 12.8 Å². The van der Waals surface area contributed by atoms with Crippen molar-refractivity contribution in [2.24, 2.45) is 5.16 Å². The van der Waals surface area contributed by atoms with E-state index in [-0.39, 0.29) is 0 Å². The summed E-state index contributed by atoms with van der Waals surface area (Å²) in [4.78, 5) is 6.91. The van der Waals surface area contributed by atoms with Gasteiger partial charge in [0.05, 0.1) is 11.2 Å². The second-order valence-corrected chi connectivity index (χ2v) is 4.52. The van der Waals surface area contributed by atoms with Crippen LogP contribution in [0.5, 0.6) is 0 Å². The molecule has 2 heterocycles. The molecule has 0 amide bonds. The Morgan fingerprint density at radius 2 is 1.83 bits per heavy atom. The molecule has 0 spiro atoms. The van der Waals surface area contributed by atoms with Gasteiger partial charge in [-0.1, -0.05) is 23.4 Å². The number of para-hydroxylation sites is 1. The van der Waals surface area contributed by atoms with Crippen LogP contribution in [0.4, 0.5) is 5.82 Å². The molecule has 4 nitrogen and oxygen atoms in total. The molecule has 18 heavy (non-hydrogen) atoms. The molecule has 0 unspecified atom stereocenters. The second-order valence-electron chi connectivity index (χ2n) is 4.52. The molecule has 0 atom stereocenters. The number of anilines is 1. The normalized spacial score (nSPS) is 16.0. The standard InChI is InChI=1S/C14H15N3O/c18-16-12-7-9-17(10-8-12)14-6-5-11-3-1-2-4-13(11)15-14/h1-6,18H,7-10H2. The molecule has 1 fully saturated rings. The van der Waals surface area contributed by atoms with Crippen LogP contribution in [-0.4, -0.2) is 29.0 Å². The number of hydrogen-bond donors (Lipinski definition) is 1. The number of nitrogens with zero attached hydrogens (tertiary/aromatic N) is 3. The van der Waals surface area contributed by atoms with E-state index in [4.69, 9.17) is 5.21 Å². The van der Waals surface area contributed by atoms with E-state index in [0.29, 0.717) is 0 Å². The molecule has 1 aromatic heterocycles. The molecule has 92 valence electrons. The second kappa shape index (κ2) is 4.64. The Hall–Kier alpha value is -2.10. The van der Waals surface area contributed by atoms with Crippen molar-refractivity contribution in [2.75, 3.05) is 18.0 Å². The van der Waals surface area contributed by atoms with Crippen molar-refractivity contribution in [1.29, 1.82) is 0 Å². The summed E-state index contributed by atoms with van der Waals surface area (Å²) in [7, 11) is 0. The first-order valence-electron chi connectivity index (χ1n) is 6.17. The van der Waals surface area contributed by atoms with E-state index in [2.05, 4.69) is 33.2 Å². The zero-order valence-electron chi connectivity index (χ0n) is 10.1. The van der Waals surface area contributed by atoms with Crippen LogP contribution in [0.25, 0.3) is 10.9 Å². The summed E-state index contributed by atoms with van der Waals surface area (Å²) in [5, 5.41) is 13.2. The van der Waals surface area contributed by atoms with Crippen molar-refractivity contribution in [1.82, 2.24) is 4.98 Å². The maximum Gasteiger partial charge on any atom is 0.129 e. The van der Waals surface area contributed by atoms with Gasteiger partial charge in [-0.05, 0) is 18.2 Å². The van der Waals surface area contributed by atoms with Crippen molar-refractivity contribution < 1.29 is 5.21 Å². The number of oxime groups is 1. The number of rotatable bonds is 1. The highest BCUT2D eigenvalue weighted by Crippen LogP contribution is 2.20. The van der Waals surface area contributed by atoms with Crippen molar-refractivity contribution in [3.63, 3.8) is 0 Å². The molecule has 4 heteroatoms. The van der Waals surface area contributed by atoms with Crippen LogP contribution in [0, 0.1) is 0 Å². The van der Waals surface area contributed by atoms with E-state index in [9.17, 15) is 0 Å². The van der Waals surface area contributed by atoms with Gasteiger partial charge in [-0.3, -0.25) is 0 Å². The fourth-order valence-electron chi connectivity index (χ4n) is 2.33. The first kappa shape index (κ1) is 11.0. The third-order valence-corrected chi connectivity index (χ3v) is 3.39. The summed E-state index contributed by atoms with van der Waals surface area (Å²) in [6.45, 7) is 1.73. The van der Waals surface area contributed by atoms with Crippen molar-refractivity contribution in [3.05, 3.63) is 36.4 Å². The van der Waals surface area contributed by atoms with Crippen LogP contribution in [0.15, 0.2) is 41.6 Å². The van der Waals surface area contributed by atoms with E-state index in [1.807, 2.05) is 18.2 Å². The summed E-state index contributed by atoms with van der Waals surface area (Å²) in [6.07, 6.45) is 1.62. The van der Waals surface area contributed by atoms with E-state index in [1.54, 1.807) is 0 Å². The lowest BCUT2D eigenvalue weighted by molar-refractivity contribution is 0.315. The van der Waals surface area contributed by atoms with Gasteiger partial charge in [0.1, 0.15) is 5.82 Å². The van der Waals surface area contributed by atoms with Gasteiger partial charge in [0, 0.05) is 31.3 Å². The highest BCUT2D eigenvalue weighted by atomic mass is 16.4. The summed E-state index contributed by atoms with van der Waals surface area (Å²) in [6, 6.07) is 12.3. The number of fused-ring (bicyclic) bond motifs is 1. The maximum atomic E-state index is 8.74. The van der Waals surface area contributed by atoms with Crippen LogP contribution in [0.3, 0.4) is 0 Å². The molecular weight excluding hydrogens is 226 g/mol. The number of hydrogen-bond acceptors (Lipinski definition) is 4. The average molecular weight is 241 g/mol. The largest absolute Gasteiger partial charge is 0.411 e. The molecule has 0 aliphatic carbocycles. The molecule has 1 aliphatic rings. The quantitative estimate of drug-likeness (QED) is 0.617. The van der Waals surface area contributed by atoms with Crippen LogP contribution in [0.2, 0.25) is 0 Å². The predicted octanol–water partition coefficient (Wildman–Crippen LogP) is 2.67. The Labute approximate surface area is 106 Å². The van der Waals surface area contributed by atoms with E-state index in [0.717, 1.165) is 48.4 Å². The number of pyridine rings is 1. The Morgan fingerprint density at radius 1 is 1.06 bits per heavy atom. The van der Waals surface area contributed by atoms with Gasteiger partial charge in [0.15, 0.2) is 0 Å². The monoisotopic (exact) mass is 241 g/mol. The van der Waals surface area contributed by atoms with Gasteiger partial charge < -0.3 is 10.1 Å². The topological polar surface area (TPSA) is 48.7 Å². The van der Waals surface area contributed by atoms with Crippen LogP contribution >= 0.6 is 0 Å². The minimum Gasteiger partial charge on any atom is -0.411 e. The van der Waals surface area contributed by atoms with Crippen LogP contribution < -0.4 is 4.90 Å². The predicted molar refractivity (Wildman–Crippen MR) is 72.4 cm³/mol. The van der Waals surface area contributed by atoms with Gasteiger partial charge in [-0.15, -0.1) is 0 Å². The fourth-order valence-corrected chi connectivity index (χ4v) is 2.33. The summed E-state index contributed by atoms with van der Waals surface area (Å²) < 4.78 is 0. The Bertz CT molecular complexity index is 584. The molecule has 0 radical (unpaired) electrons. The zero-order chi connectivity index (χ0) is 12.4. The third kappa shape index (κ3) is 2.01. The number of benzene rings is 1. The van der Waals surface area contributed by atoms with Gasteiger partial charge in [-0.25, -0.2) is 4.98 Å². The average Bonchev–Trinajstić information content (AvgIpc) is 2.47. The Morgan fingerprint density at radius 3 is 2.61 bits per heavy atom.